The lowest BCUT2D eigenvalue weighted by Crippen LogP contribution is -2.27. The maximum absolute atomic E-state index is 2.44. The average Bonchev–Trinajstić information content (AvgIpc) is 1.97. The highest BCUT2D eigenvalue weighted by Crippen LogP contribution is 2.43. The van der Waals surface area contributed by atoms with Gasteiger partial charge in [0.05, 0.1) is 0 Å². The van der Waals surface area contributed by atoms with Crippen LogP contribution in [-0.2, 0) is 0 Å². The topological polar surface area (TPSA) is 0 Å². The van der Waals surface area contributed by atoms with Gasteiger partial charge in [-0.05, 0) is 42.9 Å². The van der Waals surface area contributed by atoms with Crippen molar-refractivity contribution < 1.29 is 0 Å². The molecule has 0 nitrogen and oxygen atoms in total. The lowest BCUT2D eigenvalue weighted by molar-refractivity contribution is 0.127. The van der Waals surface area contributed by atoms with E-state index in [4.69, 9.17) is 0 Å². The molecule has 1 fully saturated rings. The molecule has 1 rings (SSSR count). The van der Waals surface area contributed by atoms with Crippen LogP contribution in [0.4, 0.5) is 0 Å². The van der Waals surface area contributed by atoms with E-state index in [1.165, 1.54) is 32.1 Å². The molecule has 13 heavy (non-hydrogen) atoms. The molecule has 1 radical (unpaired) electrons. The molecule has 0 saturated heterocycles. The number of hydrogen-bond donors (Lipinski definition) is 0. The molecule has 0 N–H and O–H groups in total. The van der Waals surface area contributed by atoms with Gasteiger partial charge in [-0.3, -0.25) is 0 Å². The van der Waals surface area contributed by atoms with Gasteiger partial charge in [0.2, 0.25) is 0 Å². The predicted octanol–water partition coefficient (Wildman–Crippen LogP) is 4.45. The highest BCUT2D eigenvalue weighted by Gasteiger charge is 2.31. The van der Waals surface area contributed by atoms with E-state index in [0.717, 1.165) is 11.8 Å². The summed E-state index contributed by atoms with van der Waals surface area (Å²) in [7, 11) is 0. The van der Waals surface area contributed by atoms with Crippen LogP contribution in [0.2, 0.25) is 0 Å². The molecular weight excluding hydrogens is 156 g/mol. The van der Waals surface area contributed by atoms with Crippen molar-refractivity contribution >= 4 is 0 Å². The standard InChI is InChI=1S/C13H25/c1-5-6-7-12-8-11(2)9-13(3,4)10-12/h5,11-12H,6-10H2,1-4H3. The zero-order chi connectivity index (χ0) is 9.90. The van der Waals surface area contributed by atoms with Crippen molar-refractivity contribution in [3.63, 3.8) is 0 Å². The Morgan fingerprint density at radius 3 is 2.54 bits per heavy atom. The van der Waals surface area contributed by atoms with Crippen LogP contribution in [0.15, 0.2) is 0 Å². The quantitative estimate of drug-likeness (QED) is 0.603. The Balaban J connectivity index is 2.38. The van der Waals surface area contributed by atoms with Gasteiger partial charge in [-0.2, -0.15) is 0 Å². The van der Waals surface area contributed by atoms with E-state index >= 15 is 0 Å². The SMILES string of the molecule is C[CH]CCC1CC(C)CC(C)(C)C1. The molecule has 1 aliphatic carbocycles. The Bertz CT molecular complexity index is 146. The summed E-state index contributed by atoms with van der Waals surface area (Å²) in [5.74, 6) is 1.94. The van der Waals surface area contributed by atoms with Crippen LogP contribution in [0.1, 0.15) is 59.8 Å². The van der Waals surface area contributed by atoms with Crippen molar-refractivity contribution in [2.24, 2.45) is 17.3 Å². The molecule has 2 unspecified atom stereocenters. The summed E-state index contributed by atoms with van der Waals surface area (Å²) in [5.41, 5.74) is 0.607. The van der Waals surface area contributed by atoms with Crippen molar-refractivity contribution in [1.29, 1.82) is 0 Å². The fraction of sp³-hybridized carbons (Fsp3) is 0.923. The summed E-state index contributed by atoms with van der Waals surface area (Å²) in [5, 5.41) is 0. The Labute approximate surface area is 84.1 Å². The van der Waals surface area contributed by atoms with Crippen molar-refractivity contribution in [2.45, 2.75) is 59.8 Å². The fourth-order valence-corrected chi connectivity index (χ4v) is 3.17. The molecular formula is C13H25. The minimum atomic E-state index is 0.607. The number of hydrogen-bond acceptors (Lipinski definition) is 0. The first kappa shape index (κ1) is 11.1. The minimum absolute atomic E-state index is 0.607. The van der Waals surface area contributed by atoms with Crippen molar-refractivity contribution in [2.75, 3.05) is 0 Å². The summed E-state index contributed by atoms with van der Waals surface area (Å²) < 4.78 is 0. The maximum atomic E-state index is 2.44. The zero-order valence-corrected chi connectivity index (χ0v) is 9.77. The van der Waals surface area contributed by atoms with Crippen molar-refractivity contribution in [1.82, 2.24) is 0 Å². The van der Waals surface area contributed by atoms with Gasteiger partial charge in [0.1, 0.15) is 0 Å². The van der Waals surface area contributed by atoms with Gasteiger partial charge in [-0.1, -0.05) is 40.5 Å². The summed E-state index contributed by atoms with van der Waals surface area (Å²) >= 11 is 0. The molecule has 0 heteroatoms. The Morgan fingerprint density at radius 2 is 2.00 bits per heavy atom. The van der Waals surface area contributed by atoms with E-state index in [-0.39, 0.29) is 0 Å². The summed E-state index contributed by atoms with van der Waals surface area (Å²) in [6.07, 6.45) is 9.39. The minimum Gasteiger partial charge on any atom is -0.0625 e. The highest BCUT2D eigenvalue weighted by atomic mass is 14.4. The average molecular weight is 181 g/mol. The molecule has 77 valence electrons. The molecule has 1 aliphatic rings. The third-order valence-corrected chi connectivity index (χ3v) is 3.34. The third kappa shape index (κ3) is 3.70. The Kier molecular flexibility index (Phi) is 3.82. The van der Waals surface area contributed by atoms with E-state index in [2.05, 4.69) is 34.1 Å². The Morgan fingerprint density at radius 1 is 1.31 bits per heavy atom. The van der Waals surface area contributed by atoms with Crippen LogP contribution in [0.3, 0.4) is 0 Å². The first-order valence-electron chi connectivity index (χ1n) is 5.81. The van der Waals surface area contributed by atoms with Crippen molar-refractivity contribution in [3.8, 4) is 0 Å². The van der Waals surface area contributed by atoms with Gasteiger partial charge in [0, 0.05) is 0 Å². The molecule has 0 aromatic heterocycles. The molecule has 0 bridgehead atoms. The van der Waals surface area contributed by atoms with Gasteiger partial charge in [-0.25, -0.2) is 0 Å². The van der Waals surface area contributed by atoms with Gasteiger partial charge in [-0.15, -0.1) is 0 Å². The van der Waals surface area contributed by atoms with Crippen molar-refractivity contribution in [3.05, 3.63) is 6.42 Å². The molecule has 0 spiro atoms. The lowest BCUT2D eigenvalue weighted by atomic mass is 9.67. The van der Waals surface area contributed by atoms with Crippen LogP contribution in [-0.4, -0.2) is 0 Å². The van der Waals surface area contributed by atoms with Crippen LogP contribution >= 0.6 is 0 Å². The van der Waals surface area contributed by atoms with E-state index in [9.17, 15) is 0 Å². The first-order chi connectivity index (χ1) is 6.03. The fourth-order valence-electron chi connectivity index (χ4n) is 3.17. The summed E-state index contributed by atoms with van der Waals surface area (Å²) in [6, 6.07) is 0. The van der Waals surface area contributed by atoms with Crippen LogP contribution < -0.4 is 0 Å². The first-order valence-corrected chi connectivity index (χ1v) is 5.81. The maximum Gasteiger partial charge on any atom is -0.0349 e. The highest BCUT2D eigenvalue weighted by molar-refractivity contribution is 4.83. The Hall–Kier alpha value is 0. The number of unbranched alkanes of at least 4 members (excludes halogenated alkanes) is 1. The molecule has 0 aromatic carbocycles. The lowest BCUT2D eigenvalue weighted by Gasteiger charge is -2.39. The predicted molar refractivity (Wildman–Crippen MR) is 59.5 cm³/mol. The molecule has 1 saturated carbocycles. The molecule has 0 heterocycles. The van der Waals surface area contributed by atoms with E-state index in [1.807, 2.05) is 0 Å². The second-order valence-corrected chi connectivity index (χ2v) is 5.76. The second-order valence-electron chi connectivity index (χ2n) is 5.76. The molecule has 2 atom stereocenters. The number of rotatable bonds is 3. The van der Waals surface area contributed by atoms with E-state index in [1.54, 1.807) is 0 Å². The van der Waals surface area contributed by atoms with Crippen LogP contribution in [0, 0.1) is 23.7 Å². The third-order valence-electron chi connectivity index (χ3n) is 3.34. The van der Waals surface area contributed by atoms with E-state index in [0.29, 0.717) is 5.41 Å². The summed E-state index contributed by atoms with van der Waals surface area (Å²) in [6.45, 7) is 9.47. The summed E-state index contributed by atoms with van der Waals surface area (Å²) in [4.78, 5) is 0. The molecule has 0 aliphatic heterocycles. The van der Waals surface area contributed by atoms with E-state index < -0.39 is 0 Å². The van der Waals surface area contributed by atoms with Crippen LogP contribution in [0.5, 0.6) is 0 Å². The largest absolute Gasteiger partial charge is 0.0625 e. The van der Waals surface area contributed by atoms with Gasteiger partial charge >= 0.3 is 0 Å². The van der Waals surface area contributed by atoms with Gasteiger partial charge in [0.15, 0.2) is 0 Å². The monoisotopic (exact) mass is 181 g/mol. The smallest absolute Gasteiger partial charge is 0.0349 e. The normalized spacial score (nSPS) is 33.2. The van der Waals surface area contributed by atoms with Gasteiger partial charge < -0.3 is 0 Å². The zero-order valence-electron chi connectivity index (χ0n) is 9.77. The molecule has 0 amide bonds. The molecule has 0 aromatic rings. The second kappa shape index (κ2) is 4.48. The van der Waals surface area contributed by atoms with Crippen LogP contribution in [0.25, 0.3) is 0 Å². The van der Waals surface area contributed by atoms with Gasteiger partial charge in [0.25, 0.3) is 0 Å².